The molecule has 0 saturated heterocycles. The fourth-order valence-corrected chi connectivity index (χ4v) is 2.67. The molecule has 4 nitrogen and oxygen atoms in total. The van der Waals surface area contributed by atoms with Gasteiger partial charge in [0.2, 0.25) is 0 Å². The number of rotatable bonds is 1. The van der Waals surface area contributed by atoms with Gasteiger partial charge in [-0.1, -0.05) is 0 Å². The van der Waals surface area contributed by atoms with Crippen molar-refractivity contribution in [3.63, 3.8) is 0 Å². The lowest BCUT2D eigenvalue weighted by atomic mass is 9.92. The zero-order valence-corrected chi connectivity index (χ0v) is 13.2. The summed E-state index contributed by atoms with van der Waals surface area (Å²) in [4.78, 5) is 13.8. The summed E-state index contributed by atoms with van der Waals surface area (Å²) in [5.41, 5.74) is 0.792. The minimum absolute atomic E-state index is 0.313. The fourth-order valence-electron chi connectivity index (χ4n) is 2.67. The highest BCUT2D eigenvalue weighted by molar-refractivity contribution is 5.69. The summed E-state index contributed by atoms with van der Waals surface area (Å²) < 4.78 is 24.9. The highest BCUT2D eigenvalue weighted by atomic mass is 19.1. The number of nitrogens with zero attached hydrogens (tertiary/aromatic N) is 1. The molecule has 1 atom stereocenters. The lowest BCUT2D eigenvalue weighted by molar-refractivity contribution is 0.0155. The second-order valence-electron chi connectivity index (χ2n) is 6.24. The van der Waals surface area contributed by atoms with Crippen LogP contribution in [0.25, 0.3) is 0 Å². The van der Waals surface area contributed by atoms with Gasteiger partial charge in [-0.3, -0.25) is 0 Å². The van der Waals surface area contributed by atoms with E-state index in [0.717, 1.165) is 5.56 Å². The quantitative estimate of drug-likeness (QED) is 0.793. The molecule has 5 heteroatoms. The van der Waals surface area contributed by atoms with Crippen LogP contribution in [0.5, 0.6) is 5.75 Å². The Bertz CT molecular complexity index is 551. The maximum absolute atomic E-state index is 14.2. The van der Waals surface area contributed by atoms with Crippen LogP contribution in [0.2, 0.25) is 0 Å². The molecule has 1 amide bonds. The molecule has 0 fully saturated rings. The number of benzene rings is 1. The van der Waals surface area contributed by atoms with Crippen LogP contribution in [0, 0.1) is 5.82 Å². The maximum Gasteiger partial charge on any atom is 0.410 e. The number of methoxy groups -OCH3 is 1. The van der Waals surface area contributed by atoms with Gasteiger partial charge in [0.15, 0.2) is 0 Å². The van der Waals surface area contributed by atoms with E-state index in [1.54, 1.807) is 18.1 Å². The second kappa shape index (κ2) is 5.54. The summed E-state index contributed by atoms with van der Waals surface area (Å²) in [7, 11) is 1.57. The number of ether oxygens (including phenoxy) is 2. The highest BCUT2D eigenvalue weighted by Gasteiger charge is 2.34. The van der Waals surface area contributed by atoms with Crippen LogP contribution in [0.1, 0.15) is 44.9 Å². The van der Waals surface area contributed by atoms with Gasteiger partial charge in [0.05, 0.1) is 13.2 Å². The van der Waals surface area contributed by atoms with Gasteiger partial charge in [-0.15, -0.1) is 0 Å². The summed E-state index contributed by atoms with van der Waals surface area (Å²) in [5, 5.41) is 0. The first-order valence-electron chi connectivity index (χ1n) is 7.09. The fraction of sp³-hybridized carbons (Fsp3) is 0.562. The molecule has 1 aromatic carbocycles. The monoisotopic (exact) mass is 295 g/mol. The Morgan fingerprint density at radius 3 is 2.62 bits per heavy atom. The van der Waals surface area contributed by atoms with Crippen LogP contribution >= 0.6 is 0 Å². The zero-order valence-electron chi connectivity index (χ0n) is 13.2. The van der Waals surface area contributed by atoms with Crippen LogP contribution in [0.15, 0.2) is 12.1 Å². The van der Waals surface area contributed by atoms with Crippen molar-refractivity contribution in [2.75, 3.05) is 13.7 Å². The van der Waals surface area contributed by atoms with E-state index >= 15 is 0 Å². The average Bonchev–Trinajstić information content (AvgIpc) is 2.37. The van der Waals surface area contributed by atoms with Gasteiger partial charge < -0.3 is 14.4 Å². The Hall–Kier alpha value is -1.78. The zero-order chi connectivity index (χ0) is 15.8. The summed E-state index contributed by atoms with van der Waals surface area (Å²) in [5.74, 6) is 0.355. The number of hydrogen-bond acceptors (Lipinski definition) is 3. The van der Waals surface area contributed by atoms with Gasteiger partial charge in [-0.05, 0) is 46.2 Å². The molecular formula is C16H22FNO3. The minimum Gasteiger partial charge on any atom is -0.496 e. The molecule has 0 aromatic heterocycles. The molecule has 1 aliphatic heterocycles. The summed E-state index contributed by atoms with van der Waals surface area (Å²) >= 11 is 0. The van der Waals surface area contributed by atoms with Crippen molar-refractivity contribution in [3.05, 3.63) is 29.1 Å². The van der Waals surface area contributed by atoms with Crippen molar-refractivity contribution in [3.8, 4) is 5.75 Å². The van der Waals surface area contributed by atoms with E-state index in [9.17, 15) is 9.18 Å². The topological polar surface area (TPSA) is 38.8 Å². The van der Waals surface area contributed by atoms with Crippen molar-refractivity contribution in [2.24, 2.45) is 0 Å². The number of carbonyl (C=O) groups excluding carboxylic acids is 1. The standard InChI is InChI=1S/C16H22FNO3/c1-10-14-11(13(20-5)7-6-12(14)17)8-9-18(10)15(19)21-16(2,3)4/h6-7,10H,8-9H2,1-5H3/t10-/m1/s1. The molecule has 0 unspecified atom stereocenters. The van der Waals surface area contributed by atoms with Gasteiger partial charge in [0.25, 0.3) is 0 Å². The number of amides is 1. The Balaban J connectivity index is 2.32. The summed E-state index contributed by atoms with van der Waals surface area (Å²) in [6, 6.07) is 2.63. The Labute approximate surface area is 124 Å². The van der Waals surface area contributed by atoms with E-state index in [1.807, 2.05) is 27.7 Å². The highest BCUT2D eigenvalue weighted by Crippen LogP contribution is 2.37. The van der Waals surface area contributed by atoms with Crippen molar-refractivity contribution in [2.45, 2.75) is 45.8 Å². The lowest BCUT2D eigenvalue weighted by Crippen LogP contribution is -2.42. The van der Waals surface area contributed by atoms with E-state index in [-0.39, 0.29) is 11.9 Å². The van der Waals surface area contributed by atoms with Crippen molar-refractivity contribution in [1.82, 2.24) is 4.90 Å². The predicted octanol–water partition coefficient (Wildman–Crippen LogP) is 3.69. The summed E-state index contributed by atoms with van der Waals surface area (Å²) in [6.45, 7) is 7.75. The molecule has 0 radical (unpaired) electrons. The molecule has 0 bridgehead atoms. The van der Waals surface area contributed by atoms with Gasteiger partial charge in [-0.2, -0.15) is 0 Å². The van der Waals surface area contributed by atoms with Crippen LogP contribution in [0.4, 0.5) is 9.18 Å². The third kappa shape index (κ3) is 3.12. The SMILES string of the molecule is COc1ccc(F)c2c1CCN(C(=O)OC(C)(C)C)[C@@H]2C. The van der Waals surface area contributed by atoms with Crippen molar-refractivity contribution >= 4 is 6.09 Å². The Morgan fingerprint density at radius 2 is 2.05 bits per heavy atom. The smallest absolute Gasteiger partial charge is 0.410 e. The Kier molecular flexibility index (Phi) is 4.12. The van der Waals surface area contributed by atoms with Crippen molar-refractivity contribution in [1.29, 1.82) is 0 Å². The van der Waals surface area contributed by atoms with Crippen molar-refractivity contribution < 1.29 is 18.7 Å². The molecule has 0 aliphatic carbocycles. The molecule has 1 heterocycles. The van der Waals surface area contributed by atoms with E-state index in [0.29, 0.717) is 24.3 Å². The third-order valence-corrected chi connectivity index (χ3v) is 3.60. The van der Waals surface area contributed by atoms with Crippen LogP contribution < -0.4 is 4.74 Å². The van der Waals surface area contributed by atoms with Gasteiger partial charge >= 0.3 is 6.09 Å². The molecule has 0 spiro atoms. The van der Waals surface area contributed by atoms with E-state index in [4.69, 9.17) is 9.47 Å². The number of hydrogen-bond donors (Lipinski definition) is 0. The predicted molar refractivity (Wildman–Crippen MR) is 78.0 cm³/mol. The van der Waals surface area contributed by atoms with Crippen LogP contribution in [-0.4, -0.2) is 30.2 Å². The average molecular weight is 295 g/mol. The second-order valence-corrected chi connectivity index (χ2v) is 6.24. The van der Waals surface area contributed by atoms with E-state index < -0.39 is 11.7 Å². The van der Waals surface area contributed by atoms with E-state index in [2.05, 4.69) is 0 Å². The molecule has 21 heavy (non-hydrogen) atoms. The largest absolute Gasteiger partial charge is 0.496 e. The first kappa shape index (κ1) is 15.6. The minimum atomic E-state index is -0.565. The number of halogens is 1. The molecule has 1 aliphatic rings. The first-order chi connectivity index (χ1) is 9.74. The lowest BCUT2D eigenvalue weighted by Gasteiger charge is -2.36. The van der Waals surface area contributed by atoms with Crippen LogP contribution in [0.3, 0.4) is 0 Å². The Morgan fingerprint density at radius 1 is 1.38 bits per heavy atom. The molecular weight excluding hydrogens is 273 g/mol. The normalized spacial score (nSPS) is 18.2. The summed E-state index contributed by atoms with van der Waals surface area (Å²) in [6.07, 6.45) is 0.141. The molecule has 0 saturated carbocycles. The van der Waals surface area contributed by atoms with E-state index in [1.165, 1.54) is 6.07 Å². The van der Waals surface area contributed by atoms with Gasteiger partial charge in [-0.25, -0.2) is 9.18 Å². The number of fused-ring (bicyclic) bond motifs is 1. The number of carbonyl (C=O) groups is 1. The third-order valence-electron chi connectivity index (χ3n) is 3.60. The first-order valence-corrected chi connectivity index (χ1v) is 7.09. The van der Waals surface area contributed by atoms with Gasteiger partial charge in [0.1, 0.15) is 17.2 Å². The molecule has 0 N–H and O–H groups in total. The van der Waals surface area contributed by atoms with Crippen LogP contribution in [-0.2, 0) is 11.2 Å². The molecule has 1 aromatic rings. The maximum atomic E-state index is 14.2. The molecule has 2 rings (SSSR count). The van der Waals surface area contributed by atoms with Gasteiger partial charge in [0, 0.05) is 17.7 Å². The molecule has 116 valence electrons.